The molecule has 0 amide bonds. The fraction of sp³-hybridized carbons (Fsp3) is 0.500. The van der Waals surface area contributed by atoms with Crippen molar-refractivity contribution in [2.75, 3.05) is 0 Å². The molecule has 0 aliphatic rings. The van der Waals surface area contributed by atoms with Crippen LogP contribution in [0, 0.1) is 13.8 Å². The van der Waals surface area contributed by atoms with Crippen LogP contribution in [-0.2, 0) is 9.53 Å². The summed E-state index contributed by atoms with van der Waals surface area (Å²) in [4.78, 5) is 10.3. The third-order valence-electron chi connectivity index (χ3n) is 0.537. The molecule has 0 aliphatic heterocycles. The smallest absolute Gasteiger partial charge is 0.306 e. The number of hydrogen-bond acceptors (Lipinski definition) is 2. The Bertz CT molecular complexity index is 76.6. The second kappa shape index (κ2) is 3.47. The third-order valence-corrected chi connectivity index (χ3v) is 0.537. The van der Waals surface area contributed by atoms with Crippen molar-refractivity contribution in [3.8, 4) is 0 Å². The fourth-order valence-electron chi connectivity index (χ4n) is 0.283. The minimum absolute atomic E-state index is 0.180. The van der Waals surface area contributed by atoms with Gasteiger partial charge in [-0.25, -0.2) is 0 Å². The molecule has 0 saturated heterocycles. The molecule has 46 valence electrons. The molecule has 0 aromatic rings. The fourth-order valence-corrected chi connectivity index (χ4v) is 0.283. The maximum Gasteiger partial charge on any atom is 0.306 e. The van der Waals surface area contributed by atoms with Gasteiger partial charge in [-0.15, -0.1) is 0 Å². The van der Waals surface area contributed by atoms with Crippen LogP contribution >= 0.6 is 0 Å². The minimum Gasteiger partial charge on any atom is -0.463 e. The SMILES string of the molecule is [CH2]CC(=O)OC([CH2])C. The van der Waals surface area contributed by atoms with E-state index < -0.39 is 0 Å². The van der Waals surface area contributed by atoms with Crippen molar-refractivity contribution in [2.24, 2.45) is 0 Å². The summed E-state index contributed by atoms with van der Waals surface area (Å²) in [6.45, 7) is 8.49. The molecule has 0 saturated carbocycles. The van der Waals surface area contributed by atoms with Crippen LogP contribution in [0.1, 0.15) is 13.3 Å². The Morgan fingerprint density at radius 1 is 1.88 bits per heavy atom. The number of carbonyl (C=O) groups is 1. The normalized spacial score (nSPS) is 9.50. The zero-order valence-electron chi connectivity index (χ0n) is 5.02. The first kappa shape index (κ1) is 7.47. The van der Waals surface area contributed by atoms with Gasteiger partial charge in [-0.3, -0.25) is 4.79 Å². The number of ether oxygens (including phenoxy) is 1. The predicted molar refractivity (Wildman–Crippen MR) is 30.9 cm³/mol. The summed E-state index contributed by atoms with van der Waals surface area (Å²) in [7, 11) is 0. The Balaban J connectivity index is 3.25. The van der Waals surface area contributed by atoms with Gasteiger partial charge in [0.2, 0.25) is 0 Å². The van der Waals surface area contributed by atoms with Crippen LogP contribution < -0.4 is 0 Å². The molecular formula is C6H10O2. The first-order chi connectivity index (χ1) is 3.66. The van der Waals surface area contributed by atoms with E-state index in [4.69, 9.17) is 0 Å². The maximum atomic E-state index is 10.3. The second-order valence-electron chi connectivity index (χ2n) is 1.55. The van der Waals surface area contributed by atoms with E-state index in [1.54, 1.807) is 6.92 Å². The van der Waals surface area contributed by atoms with Crippen LogP contribution in [0.25, 0.3) is 0 Å². The molecule has 0 heterocycles. The molecule has 0 aromatic carbocycles. The quantitative estimate of drug-likeness (QED) is 0.500. The lowest BCUT2D eigenvalue weighted by atomic mass is 10.4. The van der Waals surface area contributed by atoms with Gasteiger partial charge < -0.3 is 4.74 Å². The van der Waals surface area contributed by atoms with Crippen molar-refractivity contribution >= 4 is 5.97 Å². The summed E-state index contributed by atoms with van der Waals surface area (Å²) in [5.41, 5.74) is 0. The van der Waals surface area contributed by atoms with Gasteiger partial charge in [-0.05, 0) is 20.8 Å². The molecule has 0 aliphatic carbocycles. The monoisotopic (exact) mass is 114 g/mol. The number of rotatable bonds is 2. The Kier molecular flexibility index (Phi) is 3.24. The van der Waals surface area contributed by atoms with Crippen molar-refractivity contribution < 1.29 is 9.53 Å². The van der Waals surface area contributed by atoms with Crippen molar-refractivity contribution in [3.63, 3.8) is 0 Å². The van der Waals surface area contributed by atoms with Crippen LogP contribution in [0.15, 0.2) is 0 Å². The lowest BCUT2D eigenvalue weighted by molar-refractivity contribution is -0.145. The van der Waals surface area contributed by atoms with Gasteiger partial charge >= 0.3 is 5.97 Å². The molecule has 0 spiro atoms. The molecule has 2 radical (unpaired) electrons. The Morgan fingerprint density at radius 3 is 2.50 bits per heavy atom. The van der Waals surface area contributed by atoms with E-state index in [0.29, 0.717) is 0 Å². The molecule has 0 aromatic heterocycles. The van der Waals surface area contributed by atoms with Crippen LogP contribution in [0.2, 0.25) is 0 Å². The number of esters is 1. The van der Waals surface area contributed by atoms with Crippen molar-refractivity contribution in [1.29, 1.82) is 0 Å². The van der Waals surface area contributed by atoms with E-state index in [1.807, 2.05) is 0 Å². The first-order valence-corrected chi connectivity index (χ1v) is 2.48. The Labute approximate surface area is 49.8 Å². The summed E-state index contributed by atoms with van der Waals surface area (Å²) in [6, 6.07) is 0. The van der Waals surface area contributed by atoms with Crippen LogP contribution in [0.4, 0.5) is 0 Å². The Hall–Kier alpha value is -0.530. The first-order valence-electron chi connectivity index (χ1n) is 2.48. The van der Waals surface area contributed by atoms with Crippen molar-refractivity contribution in [2.45, 2.75) is 19.4 Å². The van der Waals surface area contributed by atoms with Gasteiger partial charge in [0.25, 0.3) is 0 Å². The van der Waals surface area contributed by atoms with E-state index in [2.05, 4.69) is 18.6 Å². The van der Waals surface area contributed by atoms with Crippen LogP contribution in [0.3, 0.4) is 0 Å². The highest BCUT2D eigenvalue weighted by molar-refractivity contribution is 5.70. The Morgan fingerprint density at radius 2 is 2.38 bits per heavy atom. The van der Waals surface area contributed by atoms with Gasteiger partial charge in [-0.1, -0.05) is 0 Å². The summed E-state index contributed by atoms with van der Waals surface area (Å²) in [6.07, 6.45) is -0.0795. The molecule has 1 unspecified atom stereocenters. The summed E-state index contributed by atoms with van der Waals surface area (Å²) >= 11 is 0. The van der Waals surface area contributed by atoms with Crippen molar-refractivity contribution in [3.05, 3.63) is 13.8 Å². The van der Waals surface area contributed by atoms with Gasteiger partial charge in [0.05, 0.1) is 6.10 Å². The van der Waals surface area contributed by atoms with Gasteiger partial charge in [0, 0.05) is 6.42 Å². The predicted octanol–water partition coefficient (Wildman–Crippen LogP) is 0.976. The van der Waals surface area contributed by atoms with Crippen LogP contribution in [0.5, 0.6) is 0 Å². The van der Waals surface area contributed by atoms with Gasteiger partial charge in [0.15, 0.2) is 0 Å². The molecular weight excluding hydrogens is 104 g/mol. The van der Waals surface area contributed by atoms with E-state index in [1.165, 1.54) is 0 Å². The third kappa shape index (κ3) is 3.65. The highest BCUT2D eigenvalue weighted by Crippen LogP contribution is 1.89. The minimum atomic E-state index is -0.299. The number of hydrogen-bond donors (Lipinski definition) is 0. The van der Waals surface area contributed by atoms with E-state index in [0.717, 1.165) is 0 Å². The standard InChI is InChI=1S/C6H10O2/c1-4-6(7)8-5(2)3/h5H,1-2,4H2,3H3. The molecule has 0 rings (SSSR count). The molecule has 2 nitrogen and oxygen atoms in total. The largest absolute Gasteiger partial charge is 0.463 e. The van der Waals surface area contributed by atoms with E-state index in [9.17, 15) is 4.79 Å². The highest BCUT2D eigenvalue weighted by atomic mass is 16.5. The van der Waals surface area contributed by atoms with Gasteiger partial charge in [-0.2, -0.15) is 0 Å². The zero-order valence-corrected chi connectivity index (χ0v) is 5.02. The van der Waals surface area contributed by atoms with Crippen LogP contribution in [-0.4, -0.2) is 12.1 Å². The van der Waals surface area contributed by atoms with Crippen molar-refractivity contribution in [1.82, 2.24) is 0 Å². The lowest BCUT2D eigenvalue weighted by Crippen LogP contribution is -2.09. The zero-order chi connectivity index (χ0) is 6.57. The molecule has 8 heavy (non-hydrogen) atoms. The maximum absolute atomic E-state index is 10.3. The summed E-state index contributed by atoms with van der Waals surface area (Å²) in [5, 5.41) is 0. The molecule has 0 bridgehead atoms. The second-order valence-corrected chi connectivity index (χ2v) is 1.55. The molecule has 0 N–H and O–H groups in total. The van der Waals surface area contributed by atoms with Gasteiger partial charge in [0.1, 0.15) is 0 Å². The lowest BCUT2D eigenvalue weighted by Gasteiger charge is -2.04. The summed E-state index contributed by atoms with van der Waals surface area (Å²) in [5.74, 6) is -0.299. The average Bonchev–Trinajstić information content (AvgIpc) is 1.65. The average molecular weight is 114 g/mol. The molecule has 1 atom stereocenters. The highest BCUT2D eigenvalue weighted by Gasteiger charge is 1.99. The number of carbonyl (C=O) groups excluding carboxylic acids is 1. The molecule has 2 heteroatoms. The van der Waals surface area contributed by atoms with E-state index in [-0.39, 0.29) is 18.5 Å². The topological polar surface area (TPSA) is 26.3 Å². The molecule has 0 fully saturated rings. The summed E-state index contributed by atoms with van der Waals surface area (Å²) < 4.78 is 4.59. The van der Waals surface area contributed by atoms with E-state index >= 15 is 0 Å².